The number of para-hydroxylation sites is 1. The quantitative estimate of drug-likeness (QED) is 0.810. The number of amides is 1. The Balaban J connectivity index is 1.62. The molecule has 1 aliphatic heterocycles. The second kappa shape index (κ2) is 9.35. The van der Waals surface area contributed by atoms with E-state index in [1.54, 1.807) is 19.4 Å². The summed E-state index contributed by atoms with van der Waals surface area (Å²) in [4.78, 5) is 23.6. The van der Waals surface area contributed by atoms with Crippen molar-refractivity contribution in [1.82, 2.24) is 14.9 Å². The van der Waals surface area contributed by atoms with Crippen LogP contribution in [-0.2, 0) is 6.42 Å². The van der Waals surface area contributed by atoms with E-state index >= 15 is 0 Å². The van der Waals surface area contributed by atoms with E-state index in [2.05, 4.69) is 22.2 Å². The van der Waals surface area contributed by atoms with Gasteiger partial charge in [0.2, 0.25) is 5.95 Å². The van der Waals surface area contributed by atoms with Crippen molar-refractivity contribution >= 4 is 11.9 Å². The number of hydrogen-bond donors (Lipinski definition) is 1. The first kappa shape index (κ1) is 19.1. The normalized spacial score (nSPS) is 16.8. The number of nitrogens with one attached hydrogen (secondary N) is 1. The average Bonchev–Trinajstić information content (AvgIpc) is 2.73. The Morgan fingerprint density at radius 3 is 2.96 bits per heavy atom. The number of ether oxygens (including phenoxy) is 1. The summed E-state index contributed by atoms with van der Waals surface area (Å²) >= 11 is 0. The summed E-state index contributed by atoms with van der Waals surface area (Å²) in [5, 5.41) is 3.22. The SMILES string of the molecule is CCC1CCCCN1C(=O)c1ccnc(NCCc2ccccc2OC)n1. The number of benzene rings is 1. The van der Waals surface area contributed by atoms with Crippen molar-refractivity contribution in [2.24, 2.45) is 0 Å². The molecule has 1 N–H and O–H groups in total. The predicted octanol–water partition coefficient (Wildman–Crippen LogP) is 3.54. The lowest BCUT2D eigenvalue weighted by Crippen LogP contribution is -2.43. The molecule has 3 rings (SSSR count). The standard InChI is InChI=1S/C21H28N4O2/c1-3-17-9-6-7-15-25(17)20(26)18-12-14-23-21(24-18)22-13-11-16-8-4-5-10-19(16)27-2/h4-5,8,10,12,14,17H,3,6-7,9,11,13,15H2,1-2H3,(H,22,23,24). The number of methoxy groups -OCH3 is 1. The van der Waals surface area contributed by atoms with Gasteiger partial charge in [-0.3, -0.25) is 4.79 Å². The molecule has 0 saturated carbocycles. The molecule has 0 bridgehead atoms. The number of nitrogens with zero attached hydrogens (tertiary/aromatic N) is 3. The van der Waals surface area contributed by atoms with Gasteiger partial charge in [0, 0.05) is 25.3 Å². The molecule has 144 valence electrons. The molecule has 1 unspecified atom stereocenters. The van der Waals surface area contributed by atoms with Crippen LogP contribution in [0.15, 0.2) is 36.5 Å². The van der Waals surface area contributed by atoms with Gasteiger partial charge in [-0.2, -0.15) is 0 Å². The predicted molar refractivity (Wildman–Crippen MR) is 106 cm³/mol. The zero-order chi connectivity index (χ0) is 19.1. The van der Waals surface area contributed by atoms with Crippen LogP contribution in [0.1, 0.15) is 48.7 Å². The first-order chi connectivity index (χ1) is 13.2. The van der Waals surface area contributed by atoms with E-state index in [1.165, 1.54) is 6.42 Å². The van der Waals surface area contributed by atoms with Gasteiger partial charge in [0.15, 0.2) is 0 Å². The van der Waals surface area contributed by atoms with Crippen molar-refractivity contribution < 1.29 is 9.53 Å². The molecule has 1 saturated heterocycles. The fourth-order valence-electron chi connectivity index (χ4n) is 3.62. The number of carbonyl (C=O) groups is 1. The lowest BCUT2D eigenvalue weighted by Gasteiger charge is -2.35. The summed E-state index contributed by atoms with van der Waals surface area (Å²) < 4.78 is 5.38. The number of anilines is 1. The van der Waals surface area contributed by atoms with Gasteiger partial charge >= 0.3 is 0 Å². The van der Waals surface area contributed by atoms with Gasteiger partial charge in [-0.1, -0.05) is 25.1 Å². The summed E-state index contributed by atoms with van der Waals surface area (Å²) in [6, 6.07) is 9.98. The van der Waals surface area contributed by atoms with Crippen LogP contribution in [-0.4, -0.2) is 47.0 Å². The largest absolute Gasteiger partial charge is 0.496 e. The molecule has 0 aliphatic carbocycles. The average molecular weight is 368 g/mol. The molecular weight excluding hydrogens is 340 g/mol. The molecule has 1 aliphatic rings. The monoisotopic (exact) mass is 368 g/mol. The third-order valence-corrected chi connectivity index (χ3v) is 5.10. The Morgan fingerprint density at radius 2 is 2.15 bits per heavy atom. The van der Waals surface area contributed by atoms with E-state index in [9.17, 15) is 4.79 Å². The van der Waals surface area contributed by atoms with E-state index in [4.69, 9.17) is 4.74 Å². The van der Waals surface area contributed by atoms with E-state index < -0.39 is 0 Å². The van der Waals surface area contributed by atoms with Crippen LogP contribution in [0.2, 0.25) is 0 Å². The summed E-state index contributed by atoms with van der Waals surface area (Å²) in [6.45, 7) is 3.62. The highest BCUT2D eigenvalue weighted by atomic mass is 16.5. The molecule has 6 nitrogen and oxygen atoms in total. The van der Waals surface area contributed by atoms with Gasteiger partial charge in [0.05, 0.1) is 7.11 Å². The fraction of sp³-hybridized carbons (Fsp3) is 0.476. The van der Waals surface area contributed by atoms with Crippen molar-refractivity contribution in [2.75, 3.05) is 25.5 Å². The molecule has 1 atom stereocenters. The van der Waals surface area contributed by atoms with Crippen LogP contribution in [0.3, 0.4) is 0 Å². The highest BCUT2D eigenvalue weighted by Crippen LogP contribution is 2.21. The van der Waals surface area contributed by atoms with Gasteiger partial charge in [-0.05, 0) is 49.8 Å². The topological polar surface area (TPSA) is 67.4 Å². The third-order valence-electron chi connectivity index (χ3n) is 5.10. The van der Waals surface area contributed by atoms with Gasteiger partial charge in [-0.25, -0.2) is 9.97 Å². The van der Waals surface area contributed by atoms with Crippen molar-refractivity contribution in [3.05, 3.63) is 47.8 Å². The molecule has 1 aromatic carbocycles. The number of rotatable bonds is 7. The van der Waals surface area contributed by atoms with E-state index in [0.29, 0.717) is 24.2 Å². The summed E-state index contributed by atoms with van der Waals surface area (Å²) in [7, 11) is 1.68. The third kappa shape index (κ3) is 4.76. The molecule has 1 amide bonds. The van der Waals surface area contributed by atoms with E-state index in [1.807, 2.05) is 29.2 Å². The van der Waals surface area contributed by atoms with Gasteiger partial charge in [-0.15, -0.1) is 0 Å². The second-order valence-electron chi connectivity index (χ2n) is 6.81. The molecule has 2 heterocycles. The Bertz CT molecular complexity index is 765. The Morgan fingerprint density at radius 1 is 1.30 bits per heavy atom. The molecule has 6 heteroatoms. The minimum atomic E-state index is 0.0109. The van der Waals surface area contributed by atoms with Gasteiger partial charge in [0.25, 0.3) is 5.91 Å². The number of likely N-dealkylation sites (tertiary alicyclic amines) is 1. The van der Waals surface area contributed by atoms with Crippen molar-refractivity contribution in [1.29, 1.82) is 0 Å². The smallest absolute Gasteiger partial charge is 0.272 e. The fourth-order valence-corrected chi connectivity index (χ4v) is 3.62. The van der Waals surface area contributed by atoms with Crippen molar-refractivity contribution in [3.8, 4) is 5.75 Å². The van der Waals surface area contributed by atoms with Crippen LogP contribution in [0, 0.1) is 0 Å². The highest BCUT2D eigenvalue weighted by Gasteiger charge is 2.27. The maximum Gasteiger partial charge on any atom is 0.272 e. The Labute approximate surface area is 161 Å². The molecule has 0 radical (unpaired) electrons. The molecule has 0 spiro atoms. The first-order valence-corrected chi connectivity index (χ1v) is 9.72. The number of aromatic nitrogens is 2. The zero-order valence-corrected chi connectivity index (χ0v) is 16.1. The number of piperidine rings is 1. The van der Waals surface area contributed by atoms with E-state index in [-0.39, 0.29) is 5.91 Å². The molecule has 27 heavy (non-hydrogen) atoms. The minimum absolute atomic E-state index is 0.0109. The maximum absolute atomic E-state index is 12.9. The van der Waals surface area contributed by atoms with Crippen LogP contribution in [0.5, 0.6) is 5.75 Å². The molecular formula is C21H28N4O2. The lowest BCUT2D eigenvalue weighted by atomic mass is 9.99. The van der Waals surface area contributed by atoms with Crippen molar-refractivity contribution in [3.63, 3.8) is 0 Å². The Kier molecular flexibility index (Phi) is 6.63. The summed E-state index contributed by atoms with van der Waals surface area (Å²) in [5.41, 5.74) is 1.59. The van der Waals surface area contributed by atoms with E-state index in [0.717, 1.165) is 43.5 Å². The van der Waals surface area contributed by atoms with Crippen LogP contribution in [0.25, 0.3) is 0 Å². The highest BCUT2D eigenvalue weighted by molar-refractivity contribution is 5.92. The molecule has 1 fully saturated rings. The summed E-state index contributed by atoms with van der Waals surface area (Å²) in [5.74, 6) is 1.37. The molecule has 2 aromatic rings. The van der Waals surface area contributed by atoms with Crippen LogP contribution in [0.4, 0.5) is 5.95 Å². The second-order valence-corrected chi connectivity index (χ2v) is 6.81. The maximum atomic E-state index is 12.9. The number of hydrogen-bond acceptors (Lipinski definition) is 5. The lowest BCUT2D eigenvalue weighted by molar-refractivity contribution is 0.0602. The van der Waals surface area contributed by atoms with Gasteiger partial charge < -0.3 is 15.0 Å². The van der Waals surface area contributed by atoms with Crippen molar-refractivity contribution in [2.45, 2.75) is 45.1 Å². The Hall–Kier alpha value is -2.63. The number of carbonyl (C=O) groups excluding carboxylic acids is 1. The van der Waals surface area contributed by atoms with Gasteiger partial charge in [0.1, 0.15) is 11.4 Å². The molecule has 1 aromatic heterocycles. The van der Waals surface area contributed by atoms with Crippen LogP contribution < -0.4 is 10.1 Å². The zero-order valence-electron chi connectivity index (χ0n) is 16.1. The minimum Gasteiger partial charge on any atom is -0.496 e. The summed E-state index contributed by atoms with van der Waals surface area (Å²) in [6.07, 6.45) is 6.77. The van der Waals surface area contributed by atoms with Crippen LogP contribution >= 0.6 is 0 Å². The first-order valence-electron chi connectivity index (χ1n) is 9.72.